The van der Waals surface area contributed by atoms with E-state index in [0.717, 1.165) is 30.6 Å². The lowest BCUT2D eigenvalue weighted by Crippen LogP contribution is -2.08. The lowest BCUT2D eigenvalue weighted by Gasteiger charge is -2.09. The minimum Gasteiger partial charge on any atom is -0.463 e. The summed E-state index contributed by atoms with van der Waals surface area (Å²) >= 11 is 0. The summed E-state index contributed by atoms with van der Waals surface area (Å²) in [5.74, 6) is 1.21. The molecule has 4 rings (SSSR count). The molecule has 0 spiro atoms. The van der Waals surface area contributed by atoms with Crippen LogP contribution in [0.25, 0.3) is 22.7 Å². The van der Waals surface area contributed by atoms with Crippen LogP contribution in [0.2, 0.25) is 0 Å². The lowest BCUT2D eigenvalue weighted by molar-refractivity contribution is 0.580. The maximum Gasteiger partial charge on any atom is 0.223 e. The molecule has 0 aromatic carbocycles. The average molecular weight is 358 g/mol. The zero-order chi connectivity index (χ0) is 18.3. The van der Waals surface area contributed by atoms with Gasteiger partial charge in [-0.2, -0.15) is 0 Å². The molecule has 4 heterocycles. The molecule has 0 unspecified atom stereocenters. The summed E-state index contributed by atoms with van der Waals surface area (Å²) in [5, 5.41) is 3.27. The van der Waals surface area contributed by atoms with Crippen molar-refractivity contribution < 1.29 is 4.42 Å². The molecule has 7 heteroatoms. The van der Waals surface area contributed by atoms with E-state index in [1.807, 2.05) is 36.5 Å². The number of anilines is 1. The molecule has 0 amide bonds. The first-order chi connectivity index (χ1) is 13.4. The Bertz CT molecular complexity index is 974. The predicted molar refractivity (Wildman–Crippen MR) is 102 cm³/mol. The van der Waals surface area contributed by atoms with Crippen molar-refractivity contribution in [2.45, 2.75) is 12.8 Å². The Balaban J connectivity index is 1.50. The molecule has 0 radical (unpaired) electrons. The standard InChI is InChI=1S/C20H18N6O/c1-2-8-22-15(5-1)6-3-9-24-20-25-13-16(17-14-21-10-11-23-17)19(26-20)18-7-4-12-27-18/h1-2,4-5,7-8,10-14H,3,6,9H2,(H,24,25,26). The number of nitrogens with one attached hydrogen (secondary N) is 1. The Morgan fingerprint density at radius 3 is 2.70 bits per heavy atom. The molecule has 27 heavy (non-hydrogen) atoms. The van der Waals surface area contributed by atoms with Crippen LogP contribution in [0.4, 0.5) is 5.95 Å². The summed E-state index contributed by atoms with van der Waals surface area (Å²) < 4.78 is 5.55. The third-order valence-corrected chi connectivity index (χ3v) is 4.00. The van der Waals surface area contributed by atoms with E-state index in [0.29, 0.717) is 23.1 Å². The molecule has 1 N–H and O–H groups in total. The van der Waals surface area contributed by atoms with Crippen molar-refractivity contribution in [3.8, 4) is 22.7 Å². The minimum absolute atomic E-state index is 0.551. The minimum atomic E-state index is 0.551. The summed E-state index contributed by atoms with van der Waals surface area (Å²) in [4.78, 5) is 21.9. The van der Waals surface area contributed by atoms with Gasteiger partial charge in [0.2, 0.25) is 5.95 Å². The van der Waals surface area contributed by atoms with Crippen molar-refractivity contribution in [2.75, 3.05) is 11.9 Å². The Kier molecular flexibility index (Phi) is 5.10. The molecule has 0 saturated carbocycles. The van der Waals surface area contributed by atoms with Gasteiger partial charge in [0.25, 0.3) is 0 Å². The van der Waals surface area contributed by atoms with Crippen LogP contribution in [0, 0.1) is 0 Å². The Morgan fingerprint density at radius 2 is 1.93 bits per heavy atom. The highest BCUT2D eigenvalue weighted by molar-refractivity contribution is 5.76. The molecule has 0 atom stereocenters. The summed E-state index contributed by atoms with van der Waals surface area (Å²) in [6.45, 7) is 0.749. The van der Waals surface area contributed by atoms with Gasteiger partial charge in [-0.05, 0) is 37.1 Å². The number of hydrogen-bond acceptors (Lipinski definition) is 7. The van der Waals surface area contributed by atoms with E-state index in [9.17, 15) is 0 Å². The molecule has 7 nitrogen and oxygen atoms in total. The number of aryl methyl sites for hydroxylation is 1. The monoisotopic (exact) mass is 358 g/mol. The molecule has 0 aliphatic carbocycles. The topological polar surface area (TPSA) is 89.6 Å². The van der Waals surface area contributed by atoms with Gasteiger partial charge in [0.05, 0.1) is 18.2 Å². The van der Waals surface area contributed by atoms with Gasteiger partial charge in [0.15, 0.2) is 5.76 Å². The van der Waals surface area contributed by atoms with E-state index >= 15 is 0 Å². The smallest absolute Gasteiger partial charge is 0.223 e. The first-order valence-electron chi connectivity index (χ1n) is 8.71. The second kappa shape index (κ2) is 8.18. The van der Waals surface area contributed by atoms with Crippen LogP contribution in [0.3, 0.4) is 0 Å². The third-order valence-electron chi connectivity index (χ3n) is 4.00. The van der Waals surface area contributed by atoms with E-state index in [1.54, 1.807) is 31.1 Å². The third kappa shape index (κ3) is 4.14. The van der Waals surface area contributed by atoms with Crippen molar-refractivity contribution in [3.63, 3.8) is 0 Å². The van der Waals surface area contributed by atoms with Crippen LogP contribution in [0.5, 0.6) is 0 Å². The molecule has 4 aromatic rings. The van der Waals surface area contributed by atoms with Gasteiger partial charge in [-0.15, -0.1) is 0 Å². The van der Waals surface area contributed by atoms with Crippen LogP contribution in [0.15, 0.2) is 72.0 Å². The maximum absolute atomic E-state index is 5.55. The highest BCUT2D eigenvalue weighted by atomic mass is 16.3. The van der Waals surface area contributed by atoms with Crippen LogP contribution in [-0.2, 0) is 6.42 Å². The zero-order valence-electron chi connectivity index (χ0n) is 14.6. The first kappa shape index (κ1) is 16.8. The van der Waals surface area contributed by atoms with Crippen LogP contribution < -0.4 is 5.32 Å². The van der Waals surface area contributed by atoms with Gasteiger partial charge in [-0.1, -0.05) is 6.07 Å². The van der Waals surface area contributed by atoms with Crippen LogP contribution >= 0.6 is 0 Å². The summed E-state index contributed by atoms with van der Waals surface area (Å²) in [5.41, 5.74) is 3.24. The molecule has 0 aliphatic rings. The fraction of sp³-hybridized carbons (Fsp3) is 0.150. The first-order valence-corrected chi connectivity index (χ1v) is 8.71. The normalized spacial score (nSPS) is 10.7. The van der Waals surface area contributed by atoms with Crippen LogP contribution in [0.1, 0.15) is 12.1 Å². The highest BCUT2D eigenvalue weighted by Crippen LogP contribution is 2.29. The van der Waals surface area contributed by atoms with Gasteiger partial charge in [-0.25, -0.2) is 9.97 Å². The molecule has 0 aliphatic heterocycles. The Labute approximate surface area is 156 Å². The van der Waals surface area contributed by atoms with Gasteiger partial charge in [-0.3, -0.25) is 15.0 Å². The molecule has 0 fully saturated rings. The molecular weight excluding hydrogens is 340 g/mol. The van der Waals surface area contributed by atoms with Crippen molar-refractivity contribution in [1.29, 1.82) is 0 Å². The zero-order valence-corrected chi connectivity index (χ0v) is 14.6. The average Bonchev–Trinajstić information content (AvgIpc) is 3.27. The predicted octanol–water partition coefficient (Wildman–Crippen LogP) is 3.63. The van der Waals surface area contributed by atoms with Crippen molar-refractivity contribution in [3.05, 3.63) is 73.3 Å². The Hall–Kier alpha value is -3.61. The molecule has 0 bridgehead atoms. The van der Waals surface area contributed by atoms with E-state index in [-0.39, 0.29) is 0 Å². The largest absolute Gasteiger partial charge is 0.463 e. The van der Waals surface area contributed by atoms with E-state index in [4.69, 9.17) is 4.42 Å². The molecule has 0 saturated heterocycles. The highest BCUT2D eigenvalue weighted by Gasteiger charge is 2.14. The summed E-state index contributed by atoms with van der Waals surface area (Å²) in [7, 11) is 0. The molecule has 134 valence electrons. The van der Waals surface area contributed by atoms with E-state index < -0.39 is 0 Å². The number of nitrogens with zero attached hydrogens (tertiary/aromatic N) is 5. The van der Waals surface area contributed by atoms with Crippen molar-refractivity contribution >= 4 is 5.95 Å². The van der Waals surface area contributed by atoms with Crippen molar-refractivity contribution in [2.24, 2.45) is 0 Å². The van der Waals surface area contributed by atoms with Gasteiger partial charge < -0.3 is 9.73 Å². The SMILES string of the molecule is c1ccc(CCCNc2ncc(-c3cnccn3)c(-c3ccco3)n2)nc1. The fourth-order valence-electron chi connectivity index (χ4n) is 2.71. The van der Waals surface area contributed by atoms with Crippen molar-refractivity contribution in [1.82, 2.24) is 24.9 Å². The van der Waals surface area contributed by atoms with E-state index in [2.05, 4.69) is 30.2 Å². The van der Waals surface area contributed by atoms with Crippen LogP contribution in [-0.4, -0.2) is 31.5 Å². The summed E-state index contributed by atoms with van der Waals surface area (Å²) in [6, 6.07) is 9.65. The fourth-order valence-corrected chi connectivity index (χ4v) is 2.71. The van der Waals surface area contributed by atoms with Gasteiger partial charge in [0.1, 0.15) is 5.69 Å². The lowest BCUT2D eigenvalue weighted by atomic mass is 10.1. The molecule has 4 aromatic heterocycles. The number of hydrogen-bond donors (Lipinski definition) is 1. The Morgan fingerprint density at radius 1 is 0.926 bits per heavy atom. The quantitative estimate of drug-likeness (QED) is 0.504. The maximum atomic E-state index is 5.55. The van der Waals surface area contributed by atoms with Gasteiger partial charge in [0, 0.05) is 42.6 Å². The number of aromatic nitrogens is 5. The summed E-state index contributed by atoms with van der Waals surface area (Å²) in [6.07, 6.45) is 12.0. The number of pyridine rings is 1. The second-order valence-electron chi connectivity index (χ2n) is 5.88. The van der Waals surface area contributed by atoms with E-state index in [1.165, 1.54) is 0 Å². The molecular formula is C20H18N6O. The number of furan rings is 1. The van der Waals surface area contributed by atoms with Gasteiger partial charge >= 0.3 is 0 Å². The number of rotatable bonds is 7. The second-order valence-corrected chi connectivity index (χ2v) is 5.88.